The average molecular weight is 235 g/mol. The second kappa shape index (κ2) is 3.31. The lowest BCUT2D eigenvalue weighted by Gasteiger charge is -2.69. The molecule has 1 aromatic heterocycles. The van der Waals surface area contributed by atoms with Crippen LogP contribution in [0, 0.1) is 0 Å². The fraction of sp³-hybridized carbons (Fsp3) is 0.750. The van der Waals surface area contributed by atoms with Crippen molar-refractivity contribution in [2.45, 2.75) is 56.9 Å². The Labute approximate surface area is 100.0 Å². The number of amides is 1. The quantitative estimate of drug-likeness (QED) is 0.855. The third-order valence-electron chi connectivity index (χ3n) is 4.00. The van der Waals surface area contributed by atoms with Gasteiger partial charge in [-0.3, -0.25) is 4.79 Å². The molecule has 0 spiro atoms. The molecule has 0 atom stereocenters. The predicted octanol–water partition coefficient (Wildman–Crippen LogP) is 1.33. The molecule has 5 nitrogen and oxygen atoms in total. The van der Waals surface area contributed by atoms with Crippen LogP contribution in [0.3, 0.4) is 0 Å². The Balaban J connectivity index is 1.66. The second-order valence-electron chi connectivity index (χ2n) is 5.36. The zero-order chi connectivity index (χ0) is 12.1. The van der Waals surface area contributed by atoms with Gasteiger partial charge in [0.15, 0.2) is 5.82 Å². The summed E-state index contributed by atoms with van der Waals surface area (Å²) in [6.07, 6.45) is 4.23. The van der Waals surface area contributed by atoms with E-state index in [1.54, 1.807) is 0 Å². The lowest BCUT2D eigenvalue weighted by Crippen LogP contribution is -2.77. The molecule has 3 aliphatic carbocycles. The number of hydrogen-bond donors (Lipinski definition) is 1. The Morgan fingerprint density at radius 2 is 2.12 bits per heavy atom. The summed E-state index contributed by atoms with van der Waals surface area (Å²) in [5.41, 5.74) is 0.137. The van der Waals surface area contributed by atoms with Crippen LogP contribution in [0.25, 0.3) is 0 Å². The summed E-state index contributed by atoms with van der Waals surface area (Å²) < 4.78 is 5.15. The molecule has 2 bridgehead atoms. The molecule has 1 N–H and O–H groups in total. The fourth-order valence-corrected chi connectivity index (χ4v) is 3.16. The van der Waals surface area contributed by atoms with Crippen LogP contribution in [0.15, 0.2) is 4.52 Å². The van der Waals surface area contributed by atoms with Crippen molar-refractivity contribution in [3.8, 4) is 0 Å². The van der Waals surface area contributed by atoms with Gasteiger partial charge in [-0.15, -0.1) is 0 Å². The van der Waals surface area contributed by atoms with Crippen LogP contribution >= 0.6 is 0 Å². The summed E-state index contributed by atoms with van der Waals surface area (Å²) in [6.45, 7) is 3.88. The van der Waals surface area contributed by atoms with Gasteiger partial charge in [0.25, 0.3) is 0 Å². The molecule has 1 amide bonds. The van der Waals surface area contributed by atoms with Crippen LogP contribution < -0.4 is 5.32 Å². The second-order valence-corrected chi connectivity index (χ2v) is 5.36. The molecule has 0 radical (unpaired) electrons. The number of carbonyl (C=O) groups excluding carboxylic acids is 1. The van der Waals surface area contributed by atoms with E-state index in [4.69, 9.17) is 4.52 Å². The van der Waals surface area contributed by atoms with Crippen molar-refractivity contribution in [2.75, 3.05) is 0 Å². The number of aryl methyl sites for hydroxylation is 1. The predicted molar refractivity (Wildman–Crippen MR) is 60.4 cm³/mol. The highest BCUT2D eigenvalue weighted by Crippen LogP contribution is 2.67. The highest BCUT2D eigenvalue weighted by molar-refractivity contribution is 5.77. The number of rotatable bonds is 4. The van der Waals surface area contributed by atoms with E-state index in [1.807, 2.05) is 13.8 Å². The van der Waals surface area contributed by atoms with E-state index in [0.29, 0.717) is 12.3 Å². The summed E-state index contributed by atoms with van der Waals surface area (Å²) >= 11 is 0. The molecule has 1 heterocycles. The fourth-order valence-electron chi connectivity index (χ4n) is 3.16. The molecule has 1 aromatic rings. The van der Waals surface area contributed by atoms with Gasteiger partial charge >= 0.3 is 0 Å². The SMILES string of the molecule is CCC(=O)NC12CC(c3noc(CC)n3)(C1)C2. The largest absolute Gasteiger partial charge is 0.351 e. The van der Waals surface area contributed by atoms with Crippen LogP contribution in [-0.2, 0) is 16.6 Å². The monoisotopic (exact) mass is 235 g/mol. The van der Waals surface area contributed by atoms with E-state index in [0.717, 1.165) is 31.5 Å². The maximum atomic E-state index is 11.4. The zero-order valence-electron chi connectivity index (χ0n) is 10.2. The molecule has 0 unspecified atom stereocenters. The van der Waals surface area contributed by atoms with Gasteiger partial charge in [0, 0.05) is 23.8 Å². The topological polar surface area (TPSA) is 68.0 Å². The number of nitrogens with zero attached hydrogens (tertiary/aromatic N) is 2. The van der Waals surface area contributed by atoms with E-state index < -0.39 is 0 Å². The number of hydrogen-bond acceptors (Lipinski definition) is 4. The smallest absolute Gasteiger partial charge is 0.226 e. The molecule has 17 heavy (non-hydrogen) atoms. The minimum atomic E-state index is 0.0418. The van der Waals surface area contributed by atoms with Crippen LogP contribution in [0.1, 0.15) is 51.2 Å². The first kappa shape index (κ1) is 10.7. The van der Waals surface area contributed by atoms with Crippen molar-refractivity contribution in [3.63, 3.8) is 0 Å². The van der Waals surface area contributed by atoms with Crippen LogP contribution in [-0.4, -0.2) is 21.6 Å². The van der Waals surface area contributed by atoms with Crippen molar-refractivity contribution in [1.29, 1.82) is 0 Å². The Hall–Kier alpha value is -1.39. The highest BCUT2D eigenvalue weighted by atomic mass is 16.5. The van der Waals surface area contributed by atoms with E-state index in [9.17, 15) is 4.79 Å². The van der Waals surface area contributed by atoms with Gasteiger partial charge in [-0.05, 0) is 19.3 Å². The van der Waals surface area contributed by atoms with Crippen molar-refractivity contribution in [1.82, 2.24) is 15.5 Å². The van der Waals surface area contributed by atoms with Crippen molar-refractivity contribution in [2.24, 2.45) is 0 Å². The summed E-state index contributed by atoms with van der Waals surface area (Å²) in [5.74, 6) is 1.68. The lowest BCUT2D eigenvalue weighted by molar-refractivity contribution is -0.139. The lowest BCUT2D eigenvalue weighted by atomic mass is 9.39. The maximum absolute atomic E-state index is 11.4. The first-order valence-electron chi connectivity index (χ1n) is 6.25. The van der Waals surface area contributed by atoms with Gasteiger partial charge in [-0.2, -0.15) is 4.98 Å². The summed E-state index contributed by atoms with van der Waals surface area (Å²) in [5, 5.41) is 7.15. The maximum Gasteiger partial charge on any atom is 0.226 e. The molecule has 92 valence electrons. The molecule has 0 aliphatic heterocycles. The summed E-state index contributed by atoms with van der Waals surface area (Å²) in [6, 6.07) is 0. The molecule has 4 rings (SSSR count). The first-order chi connectivity index (χ1) is 8.11. The number of carbonyl (C=O) groups is 1. The Kier molecular flexibility index (Phi) is 2.09. The van der Waals surface area contributed by atoms with Crippen LogP contribution in [0.2, 0.25) is 0 Å². The minimum absolute atomic E-state index is 0.0418. The molecule has 0 aromatic carbocycles. The van der Waals surface area contributed by atoms with Crippen LogP contribution in [0.4, 0.5) is 0 Å². The van der Waals surface area contributed by atoms with Gasteiger partial charge in [0.05, 0.1) is 0 Å². The molecule has 3 saturated carbocycles. The third-order valence-corrected chi connectivity index (χ3v) is 4.00. The summed E-state index contributed by atoms with van der Waals surface area (Å²) in [4.78, 5) is 15.8. The minimum Gasteiger partial charge on any atom is -0.351 e. The van der Waals surface area contributed by atoms with E-state index >= 15 is 0 Å². The molecule has 3 fully saturated rings. The standard InChI is InChI=1S/C12H17N3O2/c1-3-8(16)14-12-5-11(6-12,7-12)10-13-9(4-2)17-15-10/h3-7H2,1-2H3,(H,14,16). The molecule has 0 saturated heterocycles. The molecule has 5 heteroatoms. The zero-order valence-corrected chi connectivity index (χ0v) is 10.2. The van der Waals surface area contributed by atoms with E-state index in [2.05, 4.69) is 15.5 Å². The Morgan fingerprint density at radius 1 is 1.41 bits per heavy atom. The van der Waals surface area contributed by atoms with Gasteiger partial charge in [0.2, 0.25) is 11.8 Å². The van der Waals surface area contributed by atoms with E-state index in [-0.39, 0.29) is 16.9 Å². The van der Waals surface area contributed by atoms with Gasteiger partial charge in [-0.25, -0.2) is 0 Å². The third kappa shape index (κ3) is 1.41. The normalized spacial score (nSPS) is 33.8. The van der Waals surface area contributed by atoms with Gasteiger partial charge in [-0.1, -0.05) is 19.0 Å². The van der Waals surface area contributed by atoms with Crippen LogP contribution in [0.5, 0.6) is 0 Å². The molecule has 3 aliphatic rings. The molecular formula is C12H17N3O2. The van der Waals surface area contributed by atoms with E-state index in [1.165, 1.54) is 0 Å². The summed E-state index contributed by atoms with van der Waals surface area (Å²) in [7, 11) is 0. The number of aromatic nitrogens is 2. The van der Waals surface area contributed by atoms with Gasteiger partial charge in [0.1, 0.15) is 0 Å². The van der Waals surface area contributed by atoms with Gasteiger partial charge < -0.3 is 9.84 Å². The highest BCUT2D eigenvalue weighted by Gasteiger charge is 2.71. The Morgan fingerprint density at radius 3 is 2.65 bits per heavy atom. The van der Waals surface area contributed by atoms with Crippen molar-refractivity contribution >= 4 is 5.91 Å². The molecular weight excluding hydrogens is 218 g/mol. The number of nitrogens with one attached hydrogen (secondary N) is 1. The first-order valence-corrected chi connectivity index (χ1v) is 6.25. The van der Waals surface area contributed by atoms with Crippen molar-refractivity contribution in [3.05, 3.63) is 11.7 Å². The van der Waals surface area contributed by atoms with Crippen molar-refractivity contribution < 1.29 is 9.32 Å². The average Bonchev–Trinajstić information content (AvgIpc) is 2.69. The Bertz CT molecular complexity index is 446.